The maximum absolute atomic E-state index is 9.81. The molecule has 0 aromatic rings. The summed E-state index contributed by atoms with van der Waals surface area (Å²) in [6.07, 6.45) is -4.36. The van der Waals surface area contributed by atoms with Crippen LogP contribution in [-0.2, 0) is 9.47 Å². The Balaban J connectivity index is 1.98. The maximum Gasteiger partial charge on any atom is 0.187 e. The van der Waals surface area contributed by atoms with Crippen molar-refractivity contribution in [2.45, 2.75) is 68.6 Å². The third-order valence-corrected chi connectivity index (χ3v) is 3.83. The Labute approximate surface area is 111 Å². The molecule has 0 spiro atoms. The van der Waals surface area contributed by atoms with E-state index in [0.717, 1.165) is 12.8 Å². The van der Waals surface area contributed by atoms with Crippen molar-refractivity contribution >= 4 is 0 Å². The molecule has 112 valence electrons. The standard InChI is InChI=1S/C12H22O7/c13-5-8-9(15)10(16)11(17)12(19-8)18-7-4-2-1-3-6(7)14/h6-17H,1-5H2/t6-,7-,8+,9+,10-,11+,12+/m0/s1. The molecule has 2 fully saturated rings. The topological polar surface area (TPSA) is 120 Å². The molecule has 5 N–H and O–H groups in total. The summed E-state index contributed by atoms with van der Waals surface area (Å²) in [7, 11) is 0. The van der Waals surface area contributed by atoms with Gasteiger partial charge in [-0.3, -0.25) is 0 Å². The first-order chi connectivity index (χ1) is 9.04. The molecule has 7 heteroatoms. The maximum atomic E-state index is 9.81. The van der Waals surface area contributed by atoms with Crippen LogP contribution in [0.15, 0.2) is 0 Å². The van der Waals surface area contributed by atoms with Crippen LogP contribution in [0.2, 0.25) is 0 Å². The molecule has 7 nitrogen and oxygen atoms in total. The average Bonchev–Trinajstić information content (AvgIpc) is 2.41. The fraction of sp³-hybridized carbons (Fsp3) is 1.00. The quantitative estimate of drug-likeness (QED) is 0.409. The molecule has 2 aliphatic rings. The van der Waals surface area contributed by atoms with Gasteiger partial charge in [-0.2, -0.15) is 0 Å². The van der Waals surface area contributed by atoms with Gasteiger partial charge in [-0.05, 0) is 12.8 Å². The first-order valence-corrected chi connectivity index (χ1v) is 6.68. The zero-order chi connectivity index (χ0) is 14.0. The number of hydrogen-bond donors (Lipinski definition) is 5. The molecular weight excluding hydrogens is 256 g/mol. The van der Waals surface area contributed by atoms with Crippen molar-refractivity contribution in [3.63, 3.8) is 0 Å². The zero-order valence-electron chi connectivity index (χ0n) is 10.6. The third-order valence-electron chi connectivity index (χ3n) is 3.83. The van der Waals surface area contributed by atoms with E-state index in [0.29, 0.717) is 12.8 Å². The van der Waals surface area contributed by atoms with E-state index >= 15 is 0 Å². The van der Waals surface area contributed by atoms with E-state index in [9.17, 15) is 20.4 Å². The minimum absolute atomic E-state index is 0.463. The van der Waals surface area contributed by atoms with Gasteiger partial charge in [0.05, 0.1) is 18.8 Å². The highest BCUT2D eigenvalue weighted by molar-refractivity contribution is 4.89. The van der Waals surface area contributed by atoms with Crippen LogP contribution in [0, 0.1) is 0 Å². The van der Waals surface area contributed by atoms with Crippen LogP contribution in [0.4, 0.5) is 0 Å². The molecule has 0 aromatic heterocycles. The van der Waals surface area contributed by atoms with Gasteiger partial charge in [0.15, 0.2) is 6.29 Å². The van der Waals surface area contributed by atoms with Gasteiger partial charge in [0, 0.05) is 0 Å². The number of hydrogen-bond acceptors (Lipinski definition) is 7. The van der Waals surface area contributed by atoms with E-state index in [1.54, 1.807) is 0 Å². The minimum Gasteiger partial charge on any atom is -0.394 e. The van der Waals surface area contributed by atoms with Crippen molar-refractivity contribution in [3.05, 3.63) is 0 Å². The first-order valence-electron chi connectivity index (χ1n) is 6.68. The summed E-state index contributed by atoms with van der Waals surface area (Å²) in [6, 6.07) is 0. The molecule has 1 saturated carbocycles. The van der Waals surface area contributed by atoms with E-state index in [1.807, 2.05) is 0 Å². The molecule has 0 bridgehead atoms. The molecule has 0 unspecified atom stereocenters. The fourth-order valence-corrected chi connectivity index (χ4v) is 2.59. The molecule has 7 atom stereocenters. The lowest BCUT2D eigenvalue weighted by Gasteiger charge is -2.42. The molecule has 2 rings (SSSR count). The summed E-state index contributed by atoms with van der Waals surface area (Å²) >= 11 is 0. The van der Waals surface area contributed by atoms with E-state index in [1.165, 1.54) is 0 Å². The van der Waals surface area contributed by atoms with Crippen molar-refractivity contribution in [1.29, 1.82) is 0 Å². The first kappa shape index (κ1) is 15.1. The van der Waals surface area contributed by atoms with Gasteiger partial charge in [0.1, 0.15) is 24.4 Å². The summed E-state index contributed by atoms with van der Waals surface area (Å²) in [6.45, 7) is -0.488. The second-order valence-corrected chi connectivity index (χ2v) is 5.22. The van der Waals surface area contributed by atoms with Crippen molar-refractivity contribution in [1.82, 2.24) is 0 Å². The van der Waals surface area contributed by atoms with Gasteiger partial charge in [-0.15, -0.1) is 0 Å². The highest BCUT2D eigenvalue weighted by Crippen LogP contribution is 2.27. The molecule has 19 heavy (non-hydrogen) atoms. The second-order valence-electron chi connectivity index (χ2n) is 5.22. The highest BCUT2D eigenvalue weighted by atomic mass is 16.7. The van der Waals surface area contributed by atoms with Crippen molar-refractivity contribution in [2.24, 2.45) is 0 Å². The van der Waals surface area contributed by atoms with Crippen LogP contribution in [0.1, 0.15) is 25.7 Å². The number of aliphatic hydroxyl groups is 5. The number of ether oxygens (including phenoxy) is 2. The Bertz CT molecular complexity index is 285. The van der Waals surface area contributed by atoms with Crippen LogP contribution in [0.25, 0.3) is 0 Å². The molecule has 1 saturated heterocycles. The lowest BCUT2D eigenvalue weighted by molar-refractivity contribution is -0.318. The summed E-state index contributed by atoms with van der Waals surface area (Å²) in [4.78, 5) is 0. The Kier molecular flexibility index (Phi) is 5.13. The predicted octanol–water partition coefficient (Wildman–Crippen LogP) is -1.89. The van der Waals surface area contributed by atoms with Crippen LogP contribution >= 0.6 is 0 Å². The van der Waals surface area contributed by atoms with Gasteiger partial charge in [0.25, 0.3) is 0 Å². The Morgan fingerprint density at radius 1 is 0.947 bits per heavy atom. The van der Waals surface area contributed by atoms with Crippen molar-refractivity contribution in [3.8, 4) is 0 Å². The molecule has 0 amide bonds. The molecular formula is C12H22O7. The van der Waals surface area contributed by atoms with Crippen LogP contribution in [0.5, 0.6) is 0 Å². The molecule has 1 aliphatic heterocycles. The van der Waals surface area contributed by atoms with Gasteiger partial charge >= 0.3 is 0 Å². The largest absolute Gasteiger partial charge is 0.394 e. The van der Waals surface area contributed by atoms with Crippen molar-refractivity contribution in [2.75, 3.05) is 6.61 Å². The molecule has 0 radical (unpaired) electrons. The smallest absolute Gasteiger partial charge is 0.187 e. The average molecular weight is 278 g/mol. The van der Waals surface area contributed by atoms with E-state index in [4.69, 9.17) is 14.6 Å². The Hall–Kier alpha value is -0.280. The Morgan fingerprint density at radius 3 is 2.26 bits per heavy atom. The predicted molar refractivity (Wildman–Crippen MR) is 63.1 cm³/mol. The van der Waals surface area contributed by atoms with Gasteiger partial charge in [0.2, 0.25) is 0 Å². The van der Waals surface area contributed by atoms with E-state index in [-0.39, 0.29) is 0 Å². The zero-order valence-corrected chi connectivity index (χ0v) is 10.6. The minimum atomic E-state index is -1.45. The van der Waals surface area contributed by atoms with Crippen molar-refractivity contribution < 1.29 is 35.0 Å². The monoisotopic (exact) mass is 278 g/mol. The lowest BCUT2D eigenvalue weighted by Crippen LogP contribution is -2.60. The van der Waals surface area contributed by atoms with E-state index in [2.05, 4.69) is 0 Å². The normalized spacial score (nSPS) is 48.2. The number of rotatable bonds is 3. The summed E-state index contributed by atoms with van der Waals surface area (Å²) in [5, 5.41) is 47.9. The summed E-state index contributed by atoms with van der Waals surface area (Å²) in [5.74, 6) is 0. The SMILES string of the molecule is OC[C@H]1O[C@@H](O[C@H]2CCCC[C@@H]2O)[C@H](O)[C@@H](O)[C@@H]1O. The van der Waals surface area contributed by atoms with Gasteiger partial charge < -0.3 is 35.0 Å². The lowest BCUT2D eigenvalue weighted by atomic mass is 9.94. The van der Waals surface area contributed by atoms with Crippen LogP contribution in [-0.4, -0.2) is 75.1 Å². The fourth-order valence-electron chi connectivity index (χ4n) is 2.59. The molecule has 1 heterocycles. The van der Waals surface area contributed by atoms with Crippen LogP contribution in [0.3, 0.4) is 0 Å². The molecule has 1 aliphatic carbocycles. The van der Waals surface area contributed by atoms with E-state index < -0.39 is 49.5 Å². The second kappa shape index (κ2) is 6.45. The number of aliphatic hydroxyl groups excluding tert-OH is 5. The van der Waals surface area contributed by atoms with Gasteiger partial charge in [-0.25, -0.2) is 0 Å². The third kappa shape index (κ3) is 3.25. The van der Waals surface area contributed by atoms with Gasteiger partial charge in [-0.1, -0.05) is 12.8 Å². The van der Waals surface area contributed by atoms with Crippen LogP contribution < -0.4 is 0 Å². The highest BCUT2D eigenvalue weighted by Gasteiger charge is 2.45. The summed E-state index contributed by atoms with van der Waals surface area (Å²) in [5.41, 5.74) is 0. The molecule has 0 aromatic carbocycles. The Morgan fingerprint density at radius 2 is 1.63 bits per heavy atom. The summed E-state index contributed by atoms with van der Waals surface area (Å²) < 4.78 is 10.7.